The highest BCUT2D eigenvalue weighted by Crippen LogP contribution is 2.32. The first-order chi connectivity index (χ1) is 22.5. The third-order valence-electron chi connectivity index (χ3n) is 7.94. The van der Waals surface area contributed by atoms with Crippen LogP contribution >= 0.6 is 0 Å². The fraction of sp³-hybridized carbons (Fsp3) is 0.342. The van der Waals surface area contributed by atoms with Crippen molar-refractivity contribution in [3.05, 3.63) is 131 Å². The van der Waals surface area contributed by atoms with Gasteiger partial charge in [-0.15, -0.1) is 0 Å². The standard InChI is InChI=1S/C38H42O8/c1-27-35(43-24-28-13-6-3-7-14-28)37(45-26-30-17-10-5-11-18-30)36(44-25-29-15-8-4-9-16-29)34(46-27)19-12-20-42-33-22-31(38(40)41-2)21-32(39)23-33/h3-11,13-18,21-23,27,34-37,39H,12,19-20,24-26H2,1-2H3/t27-,34-,35+,36+,37+/m0/s1. The van der Waals surface area contributed by atoms with E-state index in [-0.39, 0.29) is 29.6 Å². The zero-order valence-electron chi connectivity index (χ0n) is 26.3. The number of phenols is 1. The predicted molar refractivity (Wildman–Crippen MR) is 174 cm³/mol. The van der Waals surface area contributed by atoms with Gasteiger partial charge >= 0.3 is 5.97 Å². The molecule has 0 bridgehead atoms. The van der Waals surface area contributed by atoms with Crippen LogP contribution in [0.25, 0.3) is 0 Å². The number of benzene rings is 4. The third kappa shape index (κ3) is 9.40. The van der Waals surface area contributed by atoms with Crippen LogP contribution in [0.15, 0.2) is 109 Å². The Balaban J connectivity index is 1.32. The first kappa shape index (κ1) is 33.2. The average Bonchev–Trinajstić information content (AvgIpc) is 3.09. The lowest BCUT2D eigenvalue weighted by atomic mass is 9.92. The van der Waals surface area contributed by atoms with Gasteiger partial charge in [0.15, 0.2) is 0 Å². The summed E-state index contributed by atoms with van der Waals surface area (Å²) in [5.41, 5.74) is 3.40. The van der Waals surface area contributed by atoms with E-state index in [1.54, 1.807) is 6.07 Å². The molecule has 0 unspecified atom stereocenters. The lowest BCUT2D eigenvalue weighted by Crippen LogP contribution is -2.59. The molecular weight excluding hydrogens is 584 g/mol. The molecule has 0 radical (unpaired) electrons. The Kier molecular flexibility index (Phi) is 12.2. The van der Waals surface area contributed by atoms with Crippen LogP contribution < -0.4 is 4.74 Å². The van der Waals surface area contributed by atoms with Crippen molar-refractivity contribution >= 4 is 5.97 Å². The molecule has 4 aromatic rings. The molecule has 5 atom stereocenters. The smallest absolute Gasteiger partial charge is 0.338 e. The largest absolute Gasteiger partial charge is 0.508 e. The van der Waals surface area contributed by atoms with Crippen molar-refractivity contribution in [2.45, 2.75) is 70.1 Å². The molecule has 0 spiro atoms. The molecule has 242 valence electrons. The summed E-state index contributed by atoms with van der Waals surface area (Å²) < 4.78 is 37.2. The van der Waals surface area contributed by atoms with Crippen molar-refractivity contribution in [3.8, 4) is 11.5 Å². The van der Waals surface area contributed by atoms with Gasteiger partial charge in [-0.3, -0.25) is 0 Å². The molecule has 0 amide bonds. The zero-order chi connectivity index (χ0) is 32.1. The lowest BCUT2D eigenvalue weighted by Gasteiger charge is -2.45. The van der Waals surface area contributed by atoms with E-state index in [9.17, 15) is 9.90 Å². The van der Waals surface area contributed by atoms with Gasteiger partial charge in [0.2, 0.25) is 0 Å². The van der Waals surface area contributed by atoms with Gasteiger partial charge in [-0.2, -0.15) is 0 Å². The number of hydrogen-bond donors (Lipinski definition) is 1. The SMILES string of the molecule is COC(=O)c1cc(O)cc(OCCC[C@@H]2O[C@@H](C)[C@@H](OCc3ccccc3)[C@@H](OCc3ccccc3)[C@@H]2OCc2ccccc2)c1. The van der Waals surface area contributed by atoms with E-state index in [1.165, 1.54) is 19.2 Å². The van der Waals surface area contributed by atoms with Crippen LogP contribution in [0.5, 0.6) is 11.5 Å². The van der Waals surface area contributed by atoms with Crippen molar-refractivity contribution < 1.29 is 38.3 Å². The minimum absolute atomic E-state index is 0.0725. The highest BCUT2D eigenvalue weighted by atomic mass is 16.6. The van der Waals surface area contributed by atoms with Crippen LogP contribution in [0.3, 0.4) is 0 Å². The molecule has 1 N–H and O–H groups in total. The quantitative estimate of drug-likeness (QED) is 0.113. The van der Waals surface area contributed by atoms with Crippen LogP contribution in [0, 0.1) is 0 Å². The van der Waals surface area contributed by atoms with Crippen LogP contribution in [0.1, 0.15) is 46.8 Å². The number of aromatic hydroxyl groups is 1. The topological polar surface area (TPSA) is 92.7 Å². The number of methoxy groups -OCH3 is 1. The summed E-state index contributed by atoms with van der Waals surface area (Å²) in [6.45, 7) is 3.59. The maximum atomic E-state index is 12.0. The summed E-state index contributed by atoms with van der Waals surface area (Å²) in [6.07, 6.45) is -0.504. The van der Waals surface area contributed by atoms with Gasteiger partial charge in [0.1, 0.15) is 29.8 Å². The van der Waals surface area contributed by atoms with Gasteiger partial charge in [-0.25, -0.2) is 4.79 Å². The molecule has 8 nitrogen and oxygen atoms in total. The van der Waals surface area contributed by atoms with E-state index < -0.39 is 18.2 Å². The van der Waals surface area contributed by atoms with Crippen LogP contribution in [0.2, 0.25) is 0 Å². The number of carbonyl (C=O) groups is 1. The molecule has 1 aliphatic heterocycles. The Morgan fingerprint density at radius 1 is 0.717 bits per heavy atom. The van der Waals surface area contributed by atoms with Crippen LogP contribution in [0.4, 0.5) is 0 Å². The van der Waals surface area contributed by atoms with E-state index in [1.807, 2.05) is 97.9 Å². The van der Waals surface area contributed by atoms with E-state index in [2.05, 4.69) is 0 Å². The van der Waals surface area contributed by atoms with Crippen LogP contribution in [-0.4, -0.2) is 55.3 Å². The van der Waals surface area contributed by atoms with E-state index in [0.29, 0.717) is 45.0 Å². The van der Waals surface area contributed by atoms with Crippen molar-refractivity contribution in [2.75, 3.05) is 13.7 Å². The summed E-state index contributed by atoms with van der Waals surface area (Å²) in [6, 6.07) is 34.6. The number of hydrogen-bond acceptors (Lipinski definition) is 8. The number of rotatable bonds is 15. The molecule has 5 rings (SSSR count). The van der Waals surface area contributed by atoms with E-state index in [4.69, 9.17) is 28.4 Å². The summed E-state index contributed by atoms with van der Waals surface area (Å²) in [7, 11) is 1.29. The van der Waals surface area contributed by atoms with Crippen molar-refractivity contribution in [1.29, 1.82) is 0 Å². The molecule has 1 saturated heterocycles. The number of carbonyl (C=O) groups excluding carboxylic acids is 1. The second-order valence-corrected chi connectivity index (χ2v) is 11.4. The first-order valence-electron chi connectivity index (χ1n) is 15.7. The summed E-state index contributed by atoms with van der Waals surface area (Å²) >= 11 is 0. The second-order valence-electron chi connectivity index (χ2n) is 11.4. The summed E-state index contributed by atoms with van der Waals surface area (Å²) in [5.74, 6) is -0.236. The average molecular weight is 627 g/mol. The summed E-state index contributed by atoms with van der Waals surface area (Å²) in [4.78, 5) is 12.0. The highest BCUT2D eigenvalue weighted by molar-refractivity contribution is 5.90. The minimum Gasteiger partial charge on any atom is -0.508 e. The first-order valence-corrected chi connectivity index (χ1v) is 15.7. The number of ether oxygens (including phenoxy) is 6. The maximum absolute atomic E-state index is 12.0. The van der Waals surface area contributed by atoms with Gasteiger partial charge in [0, 0.05) is 6.07 Å². The molecule has 1 fully saturated rings. The van der Waals surface area contributed by atoms with Crippen molar-refractivity contribution in [3.63, 3.8) is 0 Å². The van der Waals surface area contributed by atoms with Crippen molar-refractivity contribution in [1.82, 2.24) is 0 Å². The van der Waals surface area contributed by atoms with Gasteiger partial charge in [-0.05, 0) is 48.6 Å². The molecule has 4 aromatic carbocycles. The molecule has 46 heavy (non-hydrogen) atoms. The maximum Gasteiger partial charge on any atom is 0.338 e. The molecular formula is C38H42O8. The highest BCUT2D eigenvalue weighted by Gasteiger charge is 2.46. The summed E-state index contributed by atoms with van der Waals surface area (Å²) in [5, 5.41) is 10.1. The Labute approximate surface area is 270 Å². The molecule has 1 aliphatic rings. The molecule has 0 aromatic heterocycles. The minimum atomic E-state index is -0.547. The van der Waals surface area contributed by atoms with Crippen molar-refractivity contribution in [2.24, 2.45) is 0 Å². The Hall–Kier alpha value is -4.21. The third-order valence-corrected chi connectivity index (χ3v) is 7.94. The predicted octanol–water partition coefficient (Wildman–Crippen LogP) is 6.88. The molecule has 0 saturated carbocycles. The zero-order valence-corrected chi connectivity index (χ0v) is 26.3. The second kappa shape index (κ2) is 16.9. The monoisotopic (exact) mass is 626 g/mol. The van der Waals surface area contributed by atoms with Gasteiger partial charge in [-0.1, -0.05) is 91.0 Å². The molecule has 1 heterocycles. The van der Waals surface area contributed by atoms with E-state index >= 15 is 0 Å². The van der Waals surface area contributed by atoms with Gasteiger partial charge in [0.25, 0.3) is 0 Å². The van der Waals surface area contributed by atoms with E-state index in [0.717, 1.165) is 16.7 Å². The van der Waals surface area contributed by atoms with Crippen LogP contribution in [-0.2, 0) is 43.5 Å². The normalized spacial score (nSPS) is 21.0. The van der Waals surface area contributed by atoms with Gasteiger partial charge in [0.05, 0.1) is 51.3 Å². The molecule has 8 heteroatoms. The Morgan fingerprint density at radius 2 is 1.24 bits per heavy atom. The number of esters is 1. The number of phenolic OH excluding ortho intramolecular Hbond substituents is 1. The Bertz CT molecular complexity index is 1480. The fourth-order valence-electron chi connectivity index (χ4n) is 5.63. The fourth-order valence-corrected chi connectivity index (χ4v) is 5.63. The Morgan fingerprint density at radius 3 is 1.78 bits per heavy atom. The van der Waals surface area contributed by atoms with Gasteiger partial charge < -0.3 is 33.5 Å². The molecule has 0 aliphatic carbocycles. The lowest BCUT2D eigenvalue weighted by molar-refractivity contribution is -0.262.